The van der Waals surface area contributed by atoms with Crippen LogP contribution >= 0.6 is 0 Å². The van der Waals surface area contributed by atoms with E-state index < -0.39 is 51.5 Å². The van der Waals surface area contributed by atoms with Gasteiger partial charge in [-0.15, -0.1) is 0 Å². The van der Waals surface area contributed by atoms with E-state index in [1.807, 2.05) is 0 Å². The minimum Gasteiger partial charge on any atom is -0.478 e. The highest BCUT2D eigenvalue weighted by atomic mass is 32.2. The van der Waals surface area contributed by atoms with Crippen LogP contribution in [-0.2, 0) is 21.6 Å². The van der Waals surface area contributed by atoms with Crippen molar-refractivity contribution in [1.82, 2.24) is 19.9 Å². The van der Waals surface area contributed by atoms with Crippen molar-refractivity contribution in [3.63, 3.8) is 0 Å². The van der Waals surface area contributed by atoms with Gasteiger partial charge in [0.1, 0.15) is 21.4 Å². The molecule has 0 bridgehead atoms. The van der Waals surface area contributed by atoms with Gasteiger partial charge in [0.2, 0.25) is 5.82 Å². The van der Waals surface area contributed by atoms with Crippen LogP contribution < -0.4 is 10.1 Å². The Morgan fingerprint density at radius 3 is 2.57 bits per heavy atom. The van der Waals surface area contributed by atoms with Crippen molar-refractivity contribution >= 4 is 33.6 Å². The van der Waals surface area contributed by atoms with Crippen LogP contribution in [0.5, 0.6) is 5.75 Å². The van der Waals surface area contributed by atoms with Crippen molar-refractivity contribution in [2.45, 2.75) is 38.4 Å². The van der Waals surface area contributed by atoms with Crippen LogP contribution in [0.3, 0.4) is 0 Å². The van der Waals surface area contributed by atoms with Gasteiger partial charge in [0.25, 0.3) is 11.8 Å². The number of alkyl halides is 3. The number of hydrogen-bond acceptors (Lipinski definition) is 8. The fraction of sp³-hybridized carbons (Fsp3) is 0.455. The lowest BCUT2D eigenvalue weighted by Gasteiger charge is -2.34. The highest BCUT2D eigenvalue weighted by molar-refractivity contribution is 7.91. The maximum absolute atomic E-state index is 13.4. The number of ether oxygens (including phenoxy) is 2. The molecule has 0 radical (unpaired) electrons. The topological polar surface area (TPSA) is 125 Å². The Labute approximate surface area is 210 Å². The second-order valence-corrected chi connectivity index (χ2v) is 11.0. The summed E-state index contributed by atoms with van der Waals surface area (Å²) in [6, 6.07) is 1.40. The molecule has 1 fully saturated rings. The van der Waals surface area contributed by atoms with Crippen LogP contribution in [-0.4, -0.2) is 65.4 Å². The molecule has 1 N–H and O–H groups in total. The Morgan fingerprint density at radius 2 is 2.00 bits per heavy atom. The molecule has 2 aromatic heterocycles. The van der Waals surface area contributed by atoms with Gasteiger partial charge < -0.3 is 19.4 Å². The lowest BCUT2D eigenvalue weighted by atomic mass is 9.95. The Bertz CT molecular complexity index is 1360. The Kier molecular flexibility index (Phi) is 7.95. The standard InChI is InChI=1S/C22H25F4N5O5S/c1-13(23)9-16(35-12-22(24,25)26)20(27-3)36-14-10-15-17(28-11-14)29-18(31(15)4)19(32)30-21(2)5-7-37(33,34)8-6-21/h9-11H,3,5-8,12H2,1-2,4H3,(H,30,32)/b13-9+,20-16-. The monoisotopic (exact) mass is 547 g/mol. The van der Waals surface area contributed by atoms with Crippen molar-refractivity contribution in [3.05, 3.63) is 41.6 Å². The molecule has 2 aromatic rings. The highest BCUT2D eigenvalue weighted by Crippen LogP contribution is 2.26. The molecule has 0 aromatic carbocycles. The number of imidazole rings is 1. The fourth-order valence-electron chi connectivity index (χ4n) is 3.53. The number of rotatable bonds is 8. The molecule has 15 heteroatoms. The van der Waals surface area contributed by atoms with Crippen molar-refractivity contribution in [1.29, 1.82) is 0 Å². The molecule has 10 nitrogen and oxygen atoms in total. The lowest BCUT2D eigenvalue weighted by Crippen LogP contribution is -2.51. The van der Waals surface area contributed by atoms with E-state index in [2.05, 4.69) is 31.7 Å². The summed E-state index contributed by atoms with van der Waals surface area (Å²) in [4.78, 5) is 24.8. The number of nitrogens with zero attached hydrogens (tertiary/aromatic N) is 4. The van der Waals surface area contributed by atoms with E-state index in [-0.39, 0.29) is 41.6 Å². The van der Waals surface area contributed by atoms with E-state index in [1.165, 1.54) is 16.8 Å². The summed E-state index contributed by atoms with van der Waals surface area (Å²) in [5.41, 5.74) is -0.231. The quantitative estimate of drug-likeness (QED) is 0.233. The number of hydrogen-bond donors (Lipinski definition) is 1. The summed E-state index contributed by atoms with van der Waals surface area (Å²) in [5, 5.41) is 2.84. The van der Waals surface area contributed by atoms with Gasteiger partial charge in [-0.1, -0.05) is 0 Å². The average molecular weight is 548 g/mol. The Balaban J connectivity index is 1.87. The number of amides is 1. The largest absolute Gasteiger partial charge is 0.478 e. The van der Waals surface area contributed by atoms with Crippen molar-refractivity contribution in [2.75, 3.05) is 18.1 Å². The van der Waals surface area contributed by atoms with Gasteiger partial charge in [-0.2, -0.15) is 13.2 Å². The molecule has 1 saturated heterocycles. The lowest BCUT2D eigenvalue weighted by molar-refractivity contribution is -0.164. The van der Waals surface area contributed by atoms with E-state index in [9.17, 15) is 30.8 Å². The molecule has 3 heterocycles. The van der Waals surface area contributed by atoms with Gasteiger partial charge in [0, 0.05) is 24.7 Å². The number of carbonyl (C=O) groups is 1. The van der Waals surface area contributed by atoms with Crippen molar-refractivity contribution in [2.24, 2.45) is 12.0 Å². The van der Waals surface area contributed by atoms with Gasteiger partial charge >= 0.3 is 6.18 Å². The number of allylic oxidation sites excluding steroid dienone is 2. The maximum atomic E-state index is 13.4. The molecule has 0 aliphatic carbocycles. The minimum absolute atomic E-state index is 0.00268. The number of sulfone groups is 1. The number of aromatic nitrogens is 3. The third-order valence-corrected chi connectivity index (χ3v) is 7.20. The number of halogens is 4. The third-order valence-electron chi connectivity index (χ3n) is 5.55. The van der Waals surface area contributed by atoms with Crippen LogP contribution in [0.25, 0.3) is 11.2 Å². The predicted octanol–water partition coefficient (Wildman–Crippen LogP) is 3.37. The van der Waals surface area contributed by atoms with Gasteiger partial charge in [-0.05, 0) is 33.4 Å². The van der Waals surface area contributed by atoms with Crippen LogP contribution in [0, 0.1) is 0 Å². The molecule has 0 unspecified atom stereocenters. The molecule has 1 aliphatic heterocycles. The molecule has 0 spiro atoms. The van der Waals surface area contributed by atoms with Gasteiger partial charge in [-0.3, -0.25) is 4.79 Å². The molecule has 1 amide bonds. The molecule has 1 aliphatic rings. The van der Waals surface area contributed by atoms with Crippen LogP contribution in [0.4, 0.5) is 17.6 Å². The highest BCUT2D eigenvalue weighted by Gasteiger charge is 2.35. The number of aliphatic imine (C=N–C) groups is 1. The van der Waals surface area contributed by atoms with E-state index >= 15 is 0 Å². The molecule has 3 rings (SSSR count). The van der Waals surface area contributed by atoms with E-state index in [1.54, 1.807) is 14.0 Å². The average Bonchev–Trinajstić information content (AvgIpc) is 3.13. The Morgan fingerprint density at radius 1 is 1.35 bits per heavy atom. The van der Waals surface area contributed by atoms with Gasteiger partial charge in [0.15, 0.2) is 18.0 Å². The first kappa shape index (κ1) is 28.1. The fourth-order valence-corrected chi connectivity index (χ4v) is 5.26. The maximum Gasteiger partial charge on any atom is 0.422 e. The predicted molar refractivity (Wildman–Crippen MR) is 126 cm³/mol. The first-order chi connectivity index (χ1) is 17.1. The number of aryl methyl sites for hydroxylation is 1. The number of fused-ring (bicyclic) bond motifs is 1. The Hall–Kier alpha value is -3.49. The van der Waals surface area contributed by atoms with E-state index in [4.69, 9.17) is 4.74 Å². The molecule has 0 saturated carbocycles. The minimum atomic E-state index is -4.69. The summed E-state index contributed by atoms with van der Waals surface area (Å²) in [7, 11) is -1.58. The molecule has 37 heavy (non-hydrogen) atoms. The van der Waals surface area contributed by atoms with Crippen LogP contribution in [0.1, 0.15) is 37.3 Å². The van der Waals surface area contributed by atoms with Crippen molar-refractivity contribution in [3.8, 4) is 5.75 Å². The molecular formula is C22H25F4N5O5S. The summed E-state index contributed by atoms with van der Waals surface area (Å²) in [5.74, 6) is -2.67. The van der Waals surface area contributed by atoms with Crippen LogP contribution in [0.2, 0.25) is 0 Å². The van der Waals surface area contributed by atoms with E-state index in [0.717, 1.165) is 6.92 Å². The van der Waals surface area contributed by atoms with Gasteiger partial charge in [0.05, 0.1) is 23.2 Å². The summed E-state index contributed by atoms with van der Waals surface area (Å²) >= 11 is 0. The summed E-state index contributed by atoms with van der Waals surface area (Å²) < 4.78 is 86.3. The third kappa shape index (κ3) is 7.27. The van der Waals surface area contributed by atoms with Crippen LogP contribution in [0.15, 0.2) is 40.8 Å². The number of carbonyl (C=O) groups excluding carboxylic acids is 1. The number of pyridine rings is 1. The zero-order chi connectivity index (χ0) is 27.6. The normalized spacial score (nSPS) is 18.2. The molecule has 202 valence electrons. The smallest absolute Gasteiger partial charge is 0.422 e. The zero-order valence-corrected chi connectivity index (χ0v) is 21.0. The second kappa shape index (κ2) is 10.5. The zero-order valence-electron chi connectivity index (χ0n) is 20.2. The SMILES string of the molecule is C=N/C(Oc1cnc2nc(C(=O)NC3(C)CCS(=O)(=O)CC3)n(C)c2c1)=C(\C=C(/C)F)OCC(F)(F)F. The number of nitrogens with one attached hydrogen (secondary N) is 1. The molecule has 0 atom stereocenters. The van der Waals surface area contributed by atoms with Gasteiger partial charge in [-0.25, -0.2) is 27.8 Å². The second-order valence-electron chi connectivity index (χ2n) is 8.74. The van der Waals surface area contributed by atoms with E-state index in [0.29, 0.717) is 11.6 Å². The summed E-state index contributed by atoms with van der Waals surface area (Å²) in [6.07, 6.45) is -2.31. The summed E-state index contributed by atoms with van der Waals surface area (Å²) in [6.45, 7) is 4.28. The first-order valence-corrected chi connectivity index (χ1v) is 12.7. The first-order valence-electron chi connectivity index (χ1n) is 10.9. The van der Waals surface area contributed by atoms with Crippen molar-refractivity contribution < 1.29 is 40.2 Å². The molecular weight excluding hydrogens is 522 g/mol.